The molecular formula is C19H24N2S. The minimum Gasteiger partial charge on any atom is -0.297 e. The fourth-order valence-electron chi connectivity index (χ4n) is 3.88. The number of nitrogens with zero attached hydrogens (tertiary/aromatic N) is 2. The Morgan fingerprint density at radius 1 is 1.09 bits per heavy atom. The van der Waals surface area contributed by atoms with Crippen molar-refractivity contribution in [2.75, 3.05) is 19.6 Å². The van der Waals surface area contributed by atoms with Crippen LogP contribution >= 0.6 is 11.3 Å². The monoisotopic (exact) mass is 312 g/mol. The molecule has 4 rings (SSSR count). The molecule has 0 radical (unpaired) electrons. The molecule has 1 aromatic heterocycles. The lowest BCUT2D eigenvalue weighted by Crippen LogP contribution is -2.63. The highest BCUT2D eigenvalue weighted by Crippen LogP contribution is 2.34. The van der Waals surface area contributed by atoms with Crippen LogP contribution in [0.5, 0.6) is 0 Å². The van der Waals surface area contributed by atoms with Crippen molar-refractivity contribution in [2.24, 2.45) is 5.92 Å². The Morgan fingerprint density at radius 2 is 1.95 bits per heavy atom. The lowest BCUT2D eigenvalue weighted by atomic mass is 9.82. The number of hydrogen-bond acceptors (Lipinski definition) is 3. The van der Waals surface area contributed by atoms with Gasteiger partial charge in [0.2, 0.25) is 0 Å². The summed E-state index contributed by atoms with van der Waals surface area (Å²) in [7, 11) is 0. The van der Waals surface area contributed by atoms with E-state index in [0.717, 1.165) is 25.0 Å². The highest BCUT2D eigenvalue weighted by atomic mass is 32.1. The Hall–Kier alpha value is -1.16. The third kappa shape index (κ3) is 2.85. The van der Waals surface area contributed by atoms with Gasteiger partial charge < -0.3 is 0 Å². The number of thiophene rings is 1. The standard InChI is InChI=1S/C19H24N2S/c1-15-8-10-22-19(15)14-20-9-7-17-12-21(18(17)13-20)11-16-5-3-2-4-6-16/h2-6,8,10,17-18H,7,9,11-14H2,1H3/t17-,18-/m1/s1. The number of likely N-dealkylation sites (tertiary alicyclic amines) is 2. The molecule has 2 saturated heterocycles. The van der Waals surface area contributed by atoms with Crippen LogP contribution in [-0.2, 0) is 13.1 Å². The van der Waals surface area contributed by atoms with Gasteiger partial charge in [0.15, 0.2) is 0 Å². The van der Waals surface area contributed by atoms with Crippen molar-refractivity contribution in [2.45, 2.75) is 32.5 Å². The van der Waals surface area contributed by atoms with Gasteiger partial charge in [0, 0.05) is 37.1 Å². The van der Waals surface area contributed by atoms with Crippen LogP contribution in [0.2, 0.25) is 0 Å². The molecule has 0 amide bonds. The van der Waals surface area contributed by atoms with E-state index in [4.69, 9.17) is 0 Å². The quantitative estimate of drug-likeness (QED) is 0.848. The number of rotatable bonds is 4. The van der Waals surface area contributed by atoms with Gasteiger partial charge in [-0.15, -0.1) is 11.3 Å². The van der Waals surface area contributed by atoms with E-state index in [9.17, 15) is 0 Å². The summed E-state index contributed by atoms with van der Waals surface area (Å²) in [5.41, 5.74) is 2.91. The van der Waals surface area contributed by atoms with Crippen molar-refractivity contribution >= 4 is 11.3 Å². The van der Waals surface area contributed by atoms with E-state index in [-0.39, 0.29) is 0 Å². The minimum absolute atomic E-state index is 0.772. The molecule has 2 nitrogen and oxygen atoms in total. The Balaban J connectivity index is 1.37. The average molecular weight is 312 g/mol. The maximum atomic E-state index is 2.67. The number of piperidine rings is 1. The van der Waals surface area contributed by atoms with E-state index in [1.807, 2.05) is 11.3 Å². The molecule has 0 aliphatic carbocycles. The maximum absolute atomic E-state index is 2.67. The topological polar surface area (TPSA) is 6.48 Å². The first-order valence-electron chi connectivity index (χ1n) is 8.33. The normalized spacial score (nSPS) is 25.7. The SMILES string of the molecule is Cc1ccsc1CN1CC[C@@H]2CN(Cc3ccccc3)[C@@H]2C1. The lowest BCUT2D eigenvalue weighted by molar-refractivity contribution is -0.0513. The largest absolute Gasteiger partial charge is 0.297 e. The molecule has 1 aromatic carbocycles. The Morgan fingerprint density at radius 3 is 2.73 bits per heavy atom. The van der Waals surface area contributed by atoms with Crippen LogP contribution in [0, 0.1) is 12.8 Å². The van der Waals surface area contributed by atoms with Gasteiger partial charge in [-0.25, -0.2) is 0 Å². The lowest BCUT2D eigenvalue weighted by Gasteiger charge is -2.53. The number of benzene rings is 1. The molecule has 22 heavy (non-hydrogen) atoms. The van der Waals surface area contributed by atoms with E-state index in [0.29, 0.717) is 0 Å². The summed E-state index contributed by atoms with van der Waals surface area (Å²) in [6, 6.07) is 13.9. The molecule has 0 unspecified atom stereocenters. The summed E-state index contributed by atoms with van der Waals surface area (Å²) in [4.78, 5) is 6.89. The van der Waals surface area contributed by atoms with Crippen LogP contribution in [-0.4, -0.2) is 35.5 Å². The van der Waals surface area contributed by atoms with E-state index in [2.05, 4.69) is 58.5 Å². The first-order chi connectivity index (χ1) is 10.8. The van der Waals surface area contributed by atoms with Crippen LogP contribution in [0.3, 0.4) is 0 Å². The average Bonchev–Trinajstić information content (AvgIpc) is 2.93. The summed E-state index contributed by atoms with van der Waals surface area (Å²) in [5, 5.41) is 2.22. The van der Waals surface area contributed by atoms with Gasteiger partial charge in [0.1, 0.15) is 0 Å². The van der Waals surface area contributed by atoms with Crippen molar-refractivity contribution in [1.29, 1.82) is 0 Å². The van der Waals surface area contributed by atoms with Gasteiger partial charge >= 0.3 is 0 Å². The third-order valence-electron chi connectivity index (χ3n) is 5.31. The fourth-order valence-corrected chi connectivity index (χ4v) is 4.83. The van der Waals surface area contributed by atoms with Crippen molar-refractivity contribution in [3.8, 4) is 0 Å². The molecular weight excluding hydrogens is 288 g/mol. The molecule has 0 N–H and O–H groups in total. The Kier molecular flexibility index (Phi) is 4.03. The van der Waals surface area contributed by atoms with Crippen LogP contribution in [0.4, 0.5) is 0 Å². The zero-order chi connectivity index (χ0) is 14.9. The second-order valence-electron chi connectivity index (χ2n) is 6.79. The predicted molar refractivity (Wildman–Crippen MR) is 93.1 cm³/mol. The molecule has 0 spiro atoms. The molecule has 0 bridgehead atoms. The first-order valence-corrected chi connectivity index (χ1v) is 9.21. The molecule has 3 heterocycles. The molecule has 2 aliphatic heterocycles. The van der Waals surface area contributed by atoms with Crippen molar-refractivity contribution in [1.82, 2.24) is 9.80 Å². The molecule has 0 saturated carbocycles. The zero-order valence-corrected chi connectivity index (χ0v) is 14.1. The van der Waals surface area contributed by atoms with Crippen LogP contribution in [0.1, 0.15) is 22.4 Å². The van der Waals surface area contributed by atoms with Crippen LogP contribution in [0.25, 0.3) is 0 Å². The minimum atomic E-state index is 0.772. The summed E-state index contributed by atoms with van der Waals surface area (Å²) < 4.78 is 0. The molecule has 2 atom stereocenters. The van der Waals surface area contributed by atoms with Gasteiger partial charge in [-0.05, 0) is 48.4 Å². The molecule has 116 valence electrons. The highest BCUT2D eigenvalue weighted by Gasteiger charge is 2.42. The van der Waals surface area contributed by atoms with Crippen LogP contribution < -0.4 is 0 Å². The number of fused-ring (bicyclic) bond motifs is 1. The third-order valence-corrected chi connectivity index (χ3v) is 6.32. The molecule has 2 aromatic rings. The smallest absolute Gasteiger partial charge is 0.0331 e. The first kappa shape index (κ1) is 14.4. The summed E-state index contributed by atoms with van der Waals surface area (Å²) in [6.45, 7) is 8.32. The van der Waals surface area contributed by atoms with E-state index >= 15 is 0 Å². The molecule has 2 fully saturated rings. The predicted octanol–water partition coefficient (Wildman–Crippen LogP) is 3.76. The molecule has 3 heteroatoms. The van der Waals surface area contributed by atoms with Gasteiger partial charge in [0.25, 0.3) is 0 Å². The Bertz CT molecular complexity index is 621. The van der Waals surface area contributed by atoms with Crippen LogP contribution in [0.15, 0.2) is 41.8 Å². The van der Waals surface area contributed by atoms with Gasteiger partial charge in [-0.3, -0.25) is 9.80 Å². The second kappa shape index (κ2) is 6.15. The van der Waals surface area contributed by atoms with Crippen molar-refractivity contribution in [3.63, 3.8) is 0 Å². The maximum Gasteiger partial charge on any atom is 0.0331 e. The number of hydrogen-bond donors (Lipinski definition) is 0. The van der Waals surface area contributed by atoms with E-state index in [1.165, 1.54) is 37.2 Å². The zero-order valence-electron chi connectivity index (χ0n) is 13.2. The Labute approximate surface area is 137 Å². The second-order valence-corrected chi connectivity index (χ2v) is 7.79. The fraction of sp³-hybridized carbons (Fsp3) is 0.474. The van der Waals surface area contributed by atoms with Crippen molar-refractivity contribution in [3.05, 3.63) is 57.8 Å². The van der Waals surface area contributed by atoms with Gasteiger partial charge in [-0.2, -0.15) is 0 Å². The van der Waals surface area contributed by atoms with Gasteiger partial charge in [0.05, 0.1) is 0 Å². The summed E-state index contributed by atoms with van der Waals surface area (Å²) >= 11 is 1.91. The number of aryl methyl sites for hydroxylation is 1. The van der Waals surface area contributed by atoms with E-state index in [1.54, 1.807) is 4.88 Å². The van der Waals surface area contributed by atoms with Crippen molar-refractivity contribution < 1.29 is 0 Å². The molecule has 2 aliphatic rings. The summed E-state index contributed by atoms with van der Waals surface area (Å²) in [6.07, 6.45) is 1.38. The van der Waals surface area contributed by atoms with Gasteiger partial charge in [-0.1, -0.05) is 30.3 Å². The van der Waals surface area contributed by atoms with E-state index < -0.39 is 0 Å². The summed E-state index contributed by atoms with van der Waals surface area (Å²) in [5.74, 6) is 0.935. The highest BCUT2D eigenvalue weighted by molar-refractivity contribution is 7.10.